The molecule has 0 aliphatic heterocycles. The predicted molar refractivity (Wildman–Crippen MR) is 194 cm³/mol. The van der Waals surface area contributed by atoms with Gasteiger partial charge in [0, 0.05) is 22.6 Å². The van der Waals surface area contributed by atoms with E-state index in [4.69, 9.17) is 4.98 Å². The Labute approximate surface area is 272 Å². The van der Waals surface area contributed by atoms with Crippen molar-refractivity contribution in [3.05, 3.63) is 162 Å². The normalized spacial score (nSPS) is 11.1. The summed E-state index contributed by atoms with van der Waals surface area (Å²) in [6.07, 6.45) is 0. The minimum Gasteiger partial charge on any atom is -0.338 e. The molecule has 2 heterocycles. The van der Waals surface area contributed by atoms with Crippen LogP contribution < -0.4 is 15.9 Å². The topological polar surface area (TPSA) is 46.5 Å². The standard InChI is InChI=1S/C26H21N2P.C13H9BrN2/c1-28-24-18-10-9-17-23(24)27-26(28)22-16-8-11-19-25(22)29(20-12-4-2-5-13-20)21-14-6-3-7-15-21;14-10-6-2-1-5-9(10)13-15-11-7-3-4-8-12(11)16-13/h2-19H,1H3;1-8H,(H,15,16). The van der Waals surface area contributed by atoms with Gasteiger partial charge < -0.3 is 9.55 Å². The molecule has 1 N–H and O–H groups in total. The van der Waals surface area contributed by atoms with Gasteiger partial charge >= 0.3 is 0 Å². The van der Waals surface area contributed by atoms with Gasteiger partial charge in [-0.05, 0) is 54.2 Å². The van der Waals surface area contributed by atoms with Gasteiger partial charge in [-0.25, -0.2) is 9.97 Å². The van der Waals surface area contributed by atoms with E-state index in [0.717, 1.165) is 43.8 Å². The van der Waals surface area contributed by atoms with Gasteiger partial charge in [0.25, 0.3) is 0 Å². The lowest BCUT2D eigenvalue weighted by Gasteiger charge is -2.22. The number of imidazole rings is 2. The van der Waals surface area contributed by atoms with Gasteiger partial charge in [-0.2, -0.15) is 0 Å². The van der Waals surface area contributed by atoms with Crippen molar-refractivity contribution in [3.63, 3.8) is 0 Å². The molecule has 8 aromatic rings. The van der Waals surface area contributed by atoms with Crippen LogP contribution in [0.1, 0.15) is 0 Å². The highest BCUT2D eigenvalue weighted by atomic mass is 79.9. The lowest BCUT2D eigenvalue weighted by atomic mass is 10.2. The molecule has 218 valence electrons. The average Bonchev–Trinajstić information content (AvgIpc) is 3.68. The van der Waals surface area contributed by atoms with Crippen molar-refractivity contribution in [2.75, 3.05) is 0 Å². The summed E-state index contributed by atoms with van der Waals surface area (Å²) in [5.74, 6) is 1.91. The number of aromatic amines is 1. The number of aryl methyl sites for hydroxylation is 1. The summed E-state index contributed by atoms with van der Waals surface area (Å²) >= 11 is 3.53. The molecule has 0 aliphatic rings. The summed E-state index contributed by atoms with van der Waals surface area (Å²) in [4.78, 5) is 12.9. The van der Waals surface area contributed by atoms with E-state index in [2.05, 4.69) is 141 Å². The fourth-order valence-corrected chi connectivity index (χ4v) is 8.48. The molecule has 0 aliphatic carbocycles. The van der Waals surface area contributed by atoms with Gasteiger partial charge in [-0.15, -0.1) is 0 Å². The molecule has 45 heavy (non-hydrogen) atoms. The number of hydrogen-bond acceptors (Lipinski definition) is 2. The zero-order chi connectivity index (χ0) is 30.6. The SMILES string of the molecule is Brc1ccccc1-c1nc2ccccc2[nH]1.Cn1c(-c2ccccc2P(c2ccccc2)c2ccccc2)nc2ccccc21. The second-order valence-corrected chi connectivity index (χ2v) is 13.6. The zero-order valence-electron chi connectivity index (χ0n) is 24.7. The van der Waals surface area contributed by atoms with Gasteiger partial charge in [-0.3, -0.25) is 0 Å². The van der Waals surface area contributed by atoms with Crippen LogP contribution >= 0.6 is 23.9 Å². The number of halogens is 1. The van der Waals surface area contributed by atoms with Gasteiger partial charge in [0.1, 0.15) is 11.6 Å². The van der Waals surface area contributed by atoms with E-state index in [9.17, 15) is 0 Å². The van der Waals surface area contributed by atoms with Crippen molar-refractivity contribution < 1.29 is 0 Å². The zero-order valence-corrected chi connectivity index (χ0v) is 27.2. The van der Waals surface area contributed by atoms with Crippen LogP contribution in [0, 0.1) is 0 Å². The van der Waals surface area contributed by atoms with Gasteiger partial charge in [-0.1, -0.05) is 143 Å². The summed E-state index contributed by atoms with van der Waals surface area (Å²) in [6.45, 7) is 0. The fourth-order valence-electron chi connectivity index (χ4n) is 5.56. The first kappa shape index (κ1) is 28.9. The van der Waals surface area contributed by atoms with Gasteiger partial charge in [0.05, 0.1) is 22.1 Å². The first-order valence-corrected chi connectivity index (χ1v) is 16.9. The van der Waals surface area contributed by atoms with Crippen molar-refractivity contribution in [1.82, 2.24) is 19.5 Å². The summed E-state index contributed by atoms with van der Waals surface area (Å²) in [5, 5.41) is 4.03. The second kappa shape index (κ2) is 13.0. The molecule has 0 fully saturated rings. The van der Waals surface area contributed by atoms with E-state index in [0.29, 0.717) is 0 Å². The number of nitrogens with zero attached hydrogens (tertiary/aromatic N) is 3. The number of nitrogens with one attached hydrogen (secondary N) is 1. The summed E-state index contributed by atoms with van der Waals surface area (Å²) in [7, 11) is 1.42. The summed E-state index contributed by atoms with van der Waals surface area (Å²) in [6, 6.07) is 54.8. The Hall–Kier alpha value is -4.83. The number of hydrogen-bond donors (Lipinski definition) is 1. The Morgan fingerprint density at radius 2 is 1.11 bits per heavy atom. The monoisotopic (exact) mass is 664 g/mol. The molecular formula is C39H30BrN4P. The van der Waals surface area contributed by atoms with E-state index in [1.807, 2.05) is 54.6 Å². The first-order valence-electron chi connectivity index (χ1n) is 14.8. The highest BCUT2D eigenvalue weighted by Gasteiger charge is 2.22. The molecule has 6 aromatic carbocycles. The number of para-hydroxylation sites is 4. The molecule has 4 nitrogen and oxygen atoms in total. The van der Waals surface area contributed by atoms with Crippen molar-refractivity contribution >= 4 is 61.8 Å². The number of benzene rings is 6. The van der Waals surface area contributed by atoms with Gasteiger partial charge in [0.15, 0.2) is 0 Å². The maximum Gasteiger partial charge on any atom is 0.141 e. The summed E-state index contributed by atoms with van der Waals surface area (Å²) < 4.78 is 3.26. The second-order valence-electron chi connectivity index (χ2n) is 10.6. The van der Waals surface area contributed by atoms with Crippen LogP contribution in [0.5, 0.6) is 0 Å². The molecule has 0 bridgehead atoms. The molecule has 0 radical (unpaired) electrons. The number of H-pyrrole nitrogens is 1. The minimum absolute atomic E-state index is 0.685. The lowest BCUT2D eigenvalue weighted by Crippen LogP contribution is -2.22. The largest absolute Gasteiger partial charge is 0.338 e. The van der Waals surface area contributed by atoms with Crippen molar-refractivity contribution in [3.8, 4) is 22.8 Å². The van der Waals surface area contributed by atoms with Gasteiger partial charge in [0.2, 0.25) is 0 Å². The average molecular weight is 666 g/mol. The maximum absolute atomic E-state index is 4.99. The van der Waals surface area contributed by atoms with Crippen LogP contribution in [0.4, 0.5) is 0 Å². The fraction of sp³-hybridized carbons (Fsp3) is 0.0256. The Kier molecular flexibility index (Phi) is 8.37. The van der Waals surface area contributed by atoms with Crippen LogP contribution in [0.15, 0.2) is 162 Å². The Morgan fingerprint density at radius 3 is 1.78 bits per heavy atom. The first-order chi connectivity index (χ1) is 22.2. The third-order valence-electron chi connectivity index (χ3n) is 7.72. The summed E-state index contributed by atoms with van der Waals surface area (Å²) in [5.41, 5.74) is 6.52. The Morgan fingerprint density at radius 1 is 0.556 bits per heavy atom. The van der Waals surface area contributed by atoms with E-state index in [-0.39, 0.29) is 0 Å². The lowest BCUT2D eigenvalue weighted by molar-refractivity contribution is 0.960. The maximum atomic E-state index is 4.99. The third-order valence-corrected chi connectivity index (χ3v) is 10.9. The third kappa shape index (κ3) is 5.98. The van der Waals surface area contributed by atoms with E-state index >= 15 is 0 Å². The van der Waals surface area contributed by atoms with Crippen LogP contribution in [-0.4, -0.2) is 19.5 Å². The van der Waals surface area contributed by atoms with E-state index < -0.39 is 7.92 Å². The molecule has 0 saturated heterocycles. The molecular weight excluding hydrogens is 635 g/mol. The van der Waals surface area contributed by atoms with Crippen molar-refractivity contribution in [2.45, 2.75) is 0 Å². The molecule has 8 rings (SSSR count). The predicted octanol–water partition coefficient (Wildman–Crippen LogP) is 8.99. The van der Waals surface area contributed by atoms with E-state index in [1.165, 1.54) is 21.5 Å². The highest BCUT2D eigenvalue weighted by molar-refractivity contribution is 9.10. The Balaban J connectivity index is 0.000000171. The number of rotatable bonds is 5. The van der Waals surface area contributed by atoms with E-state index in [1.54, 1.807) is 0 Å². The molecule has 6 heteroatoms. The van der Waals surface area contributed by atoms with Crippen LogP contribution in [0.25, 0.3) is 44.8 Å². The Bertz CT molecular complexity index is 2130. The highest BCUT2D eigenvalue weighted by Crippen LogP contribution is 2.37. The molecule has 2 aromatic heterocycles. The van der Waals surface area contributed by atoms with Crippen LogP contribution in [0.2, 0.25) is 0 Å². The van der Waals surface area contributed by atoms with Crippen LogP contribution in [-0.2, 0) is 7.05 Å². The molecule has 0 spiro atoms. The molecule has 0 amide bonds. The smallest absolute Gasteiger partial charge is 0.141 e. The number of fused-ring (bicyclic) bond motifs is 2. The number of aromatic nitrogens is 4. The molecule has 0 saturated carbocycles. The van der Waals surface area contributed by atoms with Crippen LogP contribution in [0.3, 0.4) is 0 Å². The quantitative estimate of drug-likeness (QED) is 0.187. The van der Waals surface area contributed by atoms with Crippen molar-refractivity contribution in [1.29, 1.82) is 0 Å². The molecule has 0 atom stereocenters. The van der Waals surface area contributed by atoms with Crippen molar-refractivity contribution in [2.24, 2.45) is 7.05 Å². The minimum atomic E-state index is -0.685. The molecule has 0 unspecified atom stereocenters.